The van der Waals surface area contributed by atoms with E-state index in [2.05, 4.69) is 35.8 Å². The number of carbonyl (C=O) groups excluding carboxylic acids is 1. The van der Waals surface area contributed by atoms with Gasteiger partial charge in [-0.3, -0.25) is 4.79 Å². The van der Waals surface area contributed by atoms with Gasteiger partial charge in [-0.1, -0.05) is 29.8 Å². The van der Waals surface area contributed by atoms with E-state index >= 15 is 0 Å². The SMILES string of the molecule is CC(=O)N1CC(C)(C)c2cc(Br)ccc21. The van der Waals surface area contributed by atoms with Crippen molar-refractivity contribution in [2.24, 2.45) is 0 Å². The van der Waals surface area contributed by atoms with Gasteiger partial charge in [-0.05, 0) is 23.8 Å². The van der Waals surface area contributed by atoms with Gasteiger partial charge < -0.3 is 4.90 Å². The minimum Gasteiger partial charge on any atom is -0.311 e. The number of benzene rings is 1. The Labute approximate surface area is 98.4 Å². The molecule has 1 aromatic rings. The largest absolute Gasteiger partial charge is 0.311 e. The summed E-state index contributed by atoms with van der Waals surface area (Å²) in [6.45, 7) is 6.73. The first-order chi connectivity index (χ1) is 6.92. The summed E-state index contributed by atoms with van der Waals surface area (Å²) < 4.78 is 1.07. The van der Waals surface area contributed by atoms with Gasteiger partial charge in [0.1, 0.15) is 0 Å². The highest BCUT2D eigenvalue weighted by atomic mass is 79.9. The molecule has 0 spiro atoms. The Morgan fingerprint density at radius 3 is 2.73 bits per heavy atom. The van der Waals surface area contributed by atoms with Gasteiger partial charge in [0.25, 0.3) is 0 Å². The Morgan fingerprint density at radius 1 is 1.47 bits per heavy atom. The van der Waals surface area contributed by atoms with Crippen LogP contribution in [0.4, 0.5) is 5.69 Å². The third-order valence-electron chi connectivity index (χ3n) is 2.91. The van der Waals surface area contributed by atoms with Crippen molar-refractivity contribution < 1.29 is 4.79 Å². The summed E-state index contributed by atoms with van der Waals surface area (Å²) in [5.41, 5.74) is 2.34. The van der Waals surface area contributed by atoms with E-state index in [0.29, 0.717) is 0 Å². The van der Waals surface area contributed by atoms with E-state index in [4.69, 9.17) is 0 Å². The molecule has 3 heteroatoms. The average Bonchev–Trinajstić information content (AvgIpc) is 2.39. The summed E-state index contributed by atoms with van der Waals surface area (Å²) >= 11 is 3.47. The number of rotatable bonds is 0. The van der Waals surface area contributed by atoms with Crippen molar-refractivity contribution >= 4 is 27.5 Å². The molecule has 0 saturated heterocycles. The maximum atomic E-state index is 11.5. The minimum absolute atomic E-state index is 0.0464. The molecule has 0 unspecified atom stereocenters. The van der Waals surface area contributed by atoms with Crippen molar-refractivity contribution in [1.82, 2.24) is 0 Å². The quantitative estimate of drug-likeness (QED) is 0.708. The van der Waals surface area contributed by atoms with Crippen LogP contribution < -0.4 is 4.90 Å². The first-order valence-electron chi connectivity index (χ1n) is 5.00. The molecule has 0 bridgehead atoms. The second-order valence-electron chi connectivity index (χ2n) is 4.65. The van der Waals surface area contributed by atoms with Crippen molar-refractivity contribution in [3.05, 3.63) is 28.2 Å². The molecule has 0 atom stereocenters. The lowest BCUT2D eigenvalue weighted by Crippen LogP contribution is -2.31. The number of hydrogen-bond donors (Lipinski definition) is 0. The van der Waals surface area contributed by atoms with Gasteiger partial charge in [-0.15, -0.1) is 0 Å². The van der Waals surface area contributed by atoms with Crippen molar-refractivity contribution in [3.8, 4) is 0 Å². The van der Waals surface area contributed by atoms with Crippen LogP contribution in [0, 0.1) is 0 Å². The first kappa shape index (κ1) is 10.7. The topological polar surface area (TPSA) is 20.3 Å². The molecule has 0 fully saturated rings. The van der Waals surface area contributed by atoms with Crippen molar-refractivity contribution in [2.75, 3.05) is 11.4 Å². The summed E-state index contributed by atoms with van der Waals surface area (Å²) in [6.07, 6.45) is 0. The monoisotopic (exact) mass is 267 g/mol. The number of anilines is 1. The normalized spacial score (nSPS) is 17.7. The molecule has 0 saturated carbocycles. The fourth-order valence-electron chi connectivity index (χ4n) is 2.13. The molecule has 0 radical (unpaired) electrons. The summed E-state index contributed by atoms with van der Waals surface area (Å²) in [5.74, 6) is 0.115. The lowest BCUT2D eigenvalue weighted by molar-refractivity contribution is -0.116. The van der Waals surface area contributed by atoms with Gasteiger partial charge in [0, 0.05) is 29.0 Å². The van der Waals surface area contributed by atoms with Crippen molar-refractivity contribution in [1.29, 1.82) is 0 Å². The van der Waals surface area contributed by atoms with E-state index in [-0.39, 0.29) is 11.3 Å². The minimum atomic E-state index is 0.0464. The number of nitrogens with zero attached hydrogens (tertiary/aromatic N) is 1. The maximum Gasteiger partial charge on any atom is 0.223 e. The Hall–Kier alpha value is -0.830. The van der Waals surface area contributed by atoms with Crippen LogP contribution in [0.1, 0.15) is 26.3 Å². The Kier molecular flexibility index (Phi) is 2.38. The zero-order chi connectivity index (χ0) is 11.2. The zero-order valence-electron chi connectivity index (χ0n) is 9.17. The van der Waals surface area contributed by atoms with Crippen LogP contribution in [-0.4, -0.2) is 12.5 Å². The summed E-state index contributed by atoms with van der Waals surface area (Å²) in [6, 6.07) is 6.10. The molecule has 1 amide bonds. The van der Waals surface area contributed by atoms with Crippen molar-refractivity contribution in [3.63, 3.8) is 0 Å². The van der Waals surface area contributed by atoms with E-state index in [0.717, 1.165) is 16.7 Å². The number of fused-ring (bicyclic) bond motifs is 1. The number of hydrogen-bond acceptors (Lipinski definition) is 1. The Bertz CT molecular complexity index is 426. The van der Waals surface area contributed by atoms with E-state index in [1.165, 1.54) is 5.56 Å². The molecule has 15 heavy (non-hydrogen) atoms. The fourth-order valence-corrected chi connectivity index (χ4v) is 2.49. The van der Waals surface area contributed by atoms with Crippen molar-refractivity contribution in [2.45, 2.75) is 26.2 Å². The van der Waals surface area contributed by atoms with Crippen LogP contribution in [0.15, 0.2) is 22.7 Å². The Morgan fingerprint density at radius 2 is 2.13 bits per heavy atom. The van der Waals surface area contributed by atoms with Gasteiger partial charge in [-0.25, -0.2) is 0 Å². The van der Waals surface area contributed by atoms with E-state index < -0.39 is 0 Å². The average molecular weight is 268 g/mol. The molecule has 1 heterocycles. The molecule has 2 nitrogen and oxygen atoms in total. The van der Waals surface area contributed by atoms with Crippen LogP contribution >= 0.6 is 15.9 Å². The predicted octanol–water partition coefficient (Wildman–Crippen LogP) is 3.09. The maximum absolute atomic E-state index is 11.5. The van der Waals surface area contributed by atoms with Crippen LogP contribution in [0.5, 0.6) is 0 Å². The lowest BCUT2D eigenvalue weighted by atomic mass is 9.87. The molecule has 1 aliphatic heterocycles. The molecule has 0 N–H and O–H groups in total. The third kappa shape index (κ3) is 1.69. The first-order valence-corrected chi connectivity index (χ1v) is 5.79. The smallest absolute Gasteiger partial charge is 0.223 e. The molecule has 0 aromatic heterocycles. The third-order valence-corrected chi connectivity index (χ3v) is 3.41. The highest BCUT2D eigenvalue weighted by Gasteiger charge is 2.36. The second kappa shape index (κ2) is 3.34. The van der Waals surface area contributed by atoms with Crippen LogP contribution in [-0.2, 0) is 10.2 Å². The molecular weight excluding hydrogens is 254 g/mol. The molecule has 1 aromatic carbocycles. The highest BCUT2D eigenvalue weighted by Crippen LogP contribution is 2.41. The second-order valence-corrected chi connectivity index (χ2v) is 5.57. The zero-order valence-corrected chi connectivity index (χ0v) is 10.8. The van der Waals surface area contributed by atoms with Gasteiger partial charge in [0.15, 0.2) is 0 Å². The molecule has 0 aliphatic carbocycles. The van der Waals surface area contributed by atoms with Gasteiger partial charge >= 0.3 is 0 Å². The molecule has 80 valence electrons. The Balaban J connectivity index is 2.58. The van der Waals surface area contributed by atoms with Crippen LogP contribution in [0.2, 0.25) is 0 Å². The van der Waals surface area contributed by atoms with E-state index in [1.807, 2.05) is 17.0 Å². The van der Waals surface area contributed by atoms with E-state index in [9.17, 15) is 4.79 Å². The summed E-state index contributed by atoms with van der Waals surface area (Å²) in [7, 11) is 0. The molecule has 2 rings (SSSR count). The van der Waals surface area contributed by atoms with Crippen LogP contribution in [0.25, 0.3) is 0 Å². The predicted molar refractivity (Wildman–Crippen MR) is 65.2 cm³/mol. The lowest BCUT2D eigenvalue weighted by Gasteiger charge is -2.19. The highest BCUT2D eigenvalue weighted by molar-refractivity contribution is 9.10. The summed E-state index contributed by atoms with van der Waals surface area (Å²) in [5, 5.41) is 0. The number of amides is 1. The fraction of sp³-hybridized carbons (Fsp3) is 0.417. The van der Waals surface area contributed by atoms with Gasteiger partial charge in [0.05, 0.1) is 0 Å². The number of halogens is 1. The summed E-state index contributed by atoms with van der Waals surface area (Å²) in [4.78, 5) is 13.3. The van der Waals surface area contributed by atoms with Gasteiger partial charge in [-0.2, -0.15) is 0 Å². The molecule has 1 aliphatic rings. The number of carbonyl (C=O) groups is 1. The van der Waals surface area contributed by atoms with E-state index in [1.54, 1.807) is 6.92 Å². The molecular formula is C12H14BrNO. The van der Waals surface area contributed by atoms with Crippen LogP contribution in [0.3, 0.4) is 0 Å². The standard InChI is InChI=1S/C12H14BrNO/c1-8(15)14-7-12(2,3)10-6-9(13)4-5-11(10)14/h4-6H,7H2,1-3H3. The van der Waals surface area contributed by atoms with Gasteiger partial charge in [0.2, 0.25) is 5.91 Å².